The molecule has 0 saturated carbocycles. The highest BCUT2D eigenvalue weighted by atomic mass is 35.5. The molecular formula is C21H13ClN2O3S. The van der Waals surface area contributed by atoms with Crippen molar-refractivity contribution in [3.8, 4) is 10.4 Å². The van der Waals surface area contributed by atoms with Gasteiger partial charge in [0.25, 0.3) is 0 Å². The third-order valence-electron chi connectivity index (χ3n) is 4.27. The maximum atomic E-state index is 12.7. The van der Waals surface area contributed by atoms with E-state index in [9.17, 15) is 14.7 Å². The van der Waals surface area contributed by atoms with Crippen LogP contribution in [0.1, 0.15) is 26.4 Å². The summed E-state index contributed by atoms with van der Waals surface area (Å²) in [7, 11) is 0. The molecule has 0 atom stereocenters. The summed E-state index contributed by atoms with van der Waals surface area (Å²) in [6.07, 6.45) is 1.37. The van der Waals surface area contributed by atoms with Gasteiger partial charge in [0.1, 0.15) is 5.69 Å². The van der Waals surface area contributed by atoms with Crippen molar-refractivity contribution >= 4 is 45.7 Å². The van der Waals surface area contributed by atoms with Crippen LogP contribution in [0.5, 0.6) is 0 Å². The highest BCUT2D eigenvalue weighted by molar-refractivity contribution is 7.14. The van der Waals surface area contributed by atoms with Crippen LogP contribution in [-0.4, -0.2) is 26.8 Å². The van der Waals surface area contributed by atoms with Gasteiger partial charge in [0.05, 0.1) is 22.8 Å². The van der Waals surface area contributed by atoms with Crippen molar-refractivity contribution in [2.45, 2.75) is 6.42 Å². The summed E-state index contributed by atoms with van der Waals surface area (Å²) in [6.45, 7) is 0. The van der Waals surface area contributed by atoms with E-state index in [0.717, 1.165) is 5.56 Å². The number of aromatic carboxylic acids is 1. The molecule has 1 N–H and O–H groups in total. The first-order chi connectivity index (χ1) is 13.5. The Morgan fingerprint density at radius 3 is 2.46 bits per heavy atom. The van der Waals surface area contributed by atoms with Crippen molar-refractivity contribution in [1.82, 2.24) is 9.97 Å². The number of nitrogens with zero attached hydrogens (tertiary/aromatic N) is 2. The van der Waals surface area contributed by atoms with Gasteiger partial charge in [-0.15, -0.1) is 11.3 Å². The zero-order valence-corrected chi connectivity index (χ0v) is 16.0. The Balaban J connectivity index is 1.68. The number of aromatic nitrogens is 2. The lowest BCUT2D eigenvalue weighted by Crippen LogP contribution is -2.10. The fourth-order valence-corrected chi connectivity index (χ4v) is 4.12. The molecule has 0 amide bonds. The van der Waals surface area contributed by atoms with Crippen LogP contribution in [0.25, 0.3) is 21.5 Å². The number of para-hydroxylation sites is 2. The molecule has 4 aromatic rings. The van der Waals surface area contributed by atoms with Crippen LogP contribution in [0, 0.1) is 0 Å². The van der Waals surface area contributed by atoms with Crippen LogP contribution in [0.4, 0.5) is 0 Å². The quantitative estimate of drug-likeness (QED) is 0.463. The predicted octanol–water partition coefficient (Wildman–Crippen LogP) is 5.14. The molecule has 2 aromatic carbocycles. The average Bonchev–Trinajstić information content (AvgIpc) is 3.12. The SMILES string of the molecule is O=C(Cc1csc(-c2ccc(Cl)cc2)c1C(=O)O)c1cnc2ccccc2n1. The number of Topliss-reactive ketones (excluding diaryl/α,β-unsaturated/α-hetero) is 1. The van der Waals surface area contributed by atoms with E-state index in [1.165, 1.54) is 17.5 Å². The lowest BCUT2D eigenvalue weighted by atomic mass is 10.0. The molecule has 0 aliphatic carbocycles. The number of rotatable bonds is 5. The fourth-order valence-electron chi connectivity index (χ4n) is 2.93. The number of fused-ring (bicyclic) bond motifs is 1. The number of hydrogen-bond donors (Lipinski definition) is 1. The van der Waals surface area contributed by atoms with Gasteiger partial charge in [0.2, 0.25) is 0 Å². The highest BCUT2D eigenvalue weighted by Gasteiger charge is 2.22. The van der Waals surface area contributed by atoms with Crippen LogP contribution >= 0.6 is 22.9 Å². The summed E-state index contributed by atoms with van der Waals surface area (Å²) in [5, 5.41) is 12.0. The molecule has 0 spiro atoms. The van der Waals surface area contributed by atoms with Gasteiger partial charge in [-0.2, -0.15) is 0 Å². The Bertz CT molecular complexity index is 1200. The summed E-state index contributed by atoms with van der Waals surface area (Å²) < 4.78 is 0. The minimum absolute atomic E-state index is 0.0568. The molecule has 5 nitrogen and oxygen atoms in total. The van der Waals surface area contributed by atoms with E-state index in [0.29, 0.717) is 26.5 Å². The van der Waals surface area contributed by atoms with Gasteiger partial charge in [-0.05, 0) is 40.8 Å². The number of carboxylic acids is 1. The minimum atomic E-state index is -1.07. The monoisotopic (exact) mass is 408 g/mol. The van der Waals surface area contributed by atoms with Gasteiger partial charge in [0, 0.05) is 16.3 Å². The first-order valence-electron chi connectivity index (χ1n) is 8.37. The largest absolute Gasteiger partial charge is 0.478 e. The molecule has 2 heterocycles. The van der Waals surface area contributed by atoms with Crippen molar-refractivity contribution in [3.63, 3.8) is 0 Å². The van der Waals surface area contributed by atoms with Crippen LogP contribution < -0.4 is 0 Å². The van der Waals surface area contributed by atoms with Gasteiger partial charge in [0.15, 0.2) is 5.78 Å². The Morgan fingerprint density at radius 1 is 1.04 bits per heavy atom. The number of carbonyl (C=O) groups is 2. The number of carbonyl (C=O) groups excluding carboxylic acids is 1. The third kappa shape index (κ3) is 3.52. The van der Waals surface area contributed by atoms with Gasteiger partial charge in [-0.25, -0.2) is 9.78 Å². The van der Waals surface area contributed by atoms with E-state index in [4.69, 9.17) is 11.6 Å². The Hall–Kier alpha value is -3.09. The molecular weight excluding hydrogens is 396 g/mol. The molecule has 0 bridgehead atoms. The van der Waals surface area contributed by atoms with E-state index in [-0.39, 0.29) is 23.5 Å². The summed E-state index contributed by atoms with van der Waals surface area (Å²) in [6, 6.07) is 14.2. The molecule has 4 rings (SSSR count). The molecule has 0 unspecified atom stereocenters. The zero-order valence-electron chi connectivity index (χ0n) is 14.4. The molecule has 0 saturated heterocycles. The Morgan fingerprint density at radius 2 is 1.75 bits per heavy atom. The smallest absolute Gasteiger partial charge is 0.337 e. The standard InChI is InChI=1S/C21H13ClN2O3S/c22-14-7-5-12(6-8-14)20-19(21(26)27)13(11-28-20)9-18(25)17-10-23-15-3-1-2-4-16(15)24-17/h1-8,10-11H,9H2,(H,26,27). The zero-order chi connectivity index (χ0) is 19.7. The van der Waals surface area contributed by atoms with Crippen molar-refractivity contribution in [2.75, 3.05) is 0 Å². The second kappa shape index (κ2) is 7.50. The van der Waals surface area contributed by atoms with Crippen LogP contribution in [-0.2, 0) is 6.42 Å². The lowest BCUT2D eigenvalue weighted by Gasteiger charge is -2.05. The molecule has 0 aliphatic rings. The molecule has 0 radical (unpaired) electrons. The summed E-state index contributed by atoms with van der Waals surface area (Å²) >= 11 is 7.21. The van der Waals surface area contributed by atoms with E-state index >= 15 is 0 Å². The van der Waals surface area contributed by atoms with Crippen molar-refractivity contribution in [1.29, 1.82) is 0 Å². The molecule has 2 aromatic heterocycles. The van der Waals surface area contributed by atoms with Crippen molar-refractivity contribution in [3.05, 3.63) is 82.0 Å². The lowest BCUT2D eigenvalue weighted by molar-refractivity contribution is 0.0697. The maximum absolute atomic E-state index is 12.7. The summed E-state index contributed by atoms with van der Waals surface area (Å²) in [4.78, 5) is 33.8. The fraction of sp³-hybridized carbons (Fsp3) is 0.0476. The van der Waals surface area contributed by atoms with E-state index in [1.807, 2.05) is 18.2 Å². The topological polar surface area (TPSA) is 80.2 Å². The summed E-state index contributed by atoms with van der Waals surface area (Å²) in [5.41, 5.74) is 2.88. The normalized spacial score (nSPS) is 10.9. The number of ketones is 1. The molecule has 0 aliphatic heterocycles. The number of hydrogen-bond acceptors (Lipinski definition) is 5. The minimum Gasteiger partial charge on any atom is -0.478 e. The van der Waals surface area contributed by atoms with Crippen LogP contribution in [0.15, 0.2) is 60.1 Å². The number of thiophene rings is 1. The third-order valence-corrected chi connectivity index (χ3v) is 5.60. The van der Waals surface area contributed by atoms with Gasteiger partial charge < -0.3 is 5.11 Å². The Labute approximate surface area is 169 Å². The predicted molar refractivity (Wildman–Crippen MR) is 109 cm³/mol. The first-order valence-corrected chi connectivity index (χ1v) is 9.63. The number of carboxylic acid groups (broad SMARTS) is 1. The number of benzene rings is 2. The highest BCUT2D eigenvalue weighted by Crippen LogP contribution is 2.34. The Kier molecular flexibility index (Phi) is 4.90. The van der Waals surface area contributed by atoms with Crippen molar-refractivity contribution < 1.29 is 14.7 Å². The van der Waals surface area contributed by atoms with E-state index < -0.39 is 5.97 Å². The molecule has 138 valence electrons. The van der Waals surface area contributed by atoms with Gasteiger partial charge >= 0.3 is 5.97 Å². The second-order valence-electron chi connectivity index (χ2n) is 6.12. The molecule has 0 fully saturated rings. The van der Waals surface area contributed by atoms with Crippen LogP contribution in [0.2, 0.25) is 5.02 Å². The number of halogens is 1. The van der Waals surface area contributed by atoms with E-state index in [2.05, 4.69) is 9.97 Å². The van der Waals surface area contributed by atoms with Crippen molar-refractivity contribution in [2.24, 2.45) is 0 Å². The van der Waals surface area contributed by atoms with Gasteiger partial charge in [-0.3, -0.25) is 9.78 Å². The molecule has 28 heavy (non-hydrogen) atoms. The second-order valence-corrected chi connectivity index (χ2v) is 7.44. The summed E-state index contributed by atoms with van der Waals surface area (Å²) in [5.74, 6) is -1.35. The van der Waals surface area contributed by atoms with Crippen LogP contribution in [0.3, 0.4) is 0 Å². The van der Waals surface area contributed by atoms with Gasteiger partial charge in [-0.1, -0.05) is 35.9 Å². The molecule has 7 heteroatoms. The average molecular weight is 409 g/mol. The first kappa shape index (κ1) is 18.3. The van der Waals surface area contributed by atoms with E-state index in [1.54, 1.807) is 35.7 Å². The maximum Gasteiger partial charge on any atom is 0.337 e.